The average Bonchev–Trinajstić information content (AvgIpc) is 2.83. The molecule has 0 radical (unpaired) electrons. The molecule has 33 heavy (non-hydrogen) atoms. The predicted molar refractivity (Wildman–Crippen MR) is 131 cm³/mol. The van der Waals surface area contributed by atoms with Crippen LogP contribution in [-0.4, -0.2) is 34.1 Å². The fraction of sp³-hybridized carbons (Fsp3) is 0.346. The number of nitrogens with one attached hydrogen (secondary N) is 1. The maximum absolute atomic E-state index is 13.1. The number of anilines is 1. The molecule has 0 bridgehead atoms. The van der Waals surface area contributed by atoms with E-state index in [0.29, 0.717) is 0 Å². The minimum Gasteiger partial charge on any atom is -0.465 e. The van der Waals surface area contributed by atoms with E-state index in [1.807, 2.05) is 49.2 Å². The summed E-state index contributed by atoms with van der Waals surface area (Å²) < 4.78 is 34.0. The standard InChI is InChI=1S/C26H32N2O4S/c1-4-32-26(29)24(27-33(30,31)23-17-15-20(2)16-18-23)19-25(21-11-7-5-8-12-21)28(3)22-13-9-6-10-14-22/h6,9-11,13-19,24,27H,4-5,7-8,12H2,1-3H3/b25-19+. The number of allylic oxidation sites excluding steroid dienone is 2. The highest BCUT2D eigenvalue weighted by Gasteiger charge is 2.27. The van der Waals surface area contributed by atoms with Gasteiger partial charge in [0.1, 0.15) is 6.04 Å². The number of hydrogen-bond donors (Lipinski definition) is 1. The van der Waals surface area contributed by atoms with Gasteiger partial charge in [-0.3, -0.25) is 0 Å². The van der Waals surface area contributed by atoms with Crippen molar-refractivity contribution in [1.82, 2.24) is 4.72 Å². The molecule has 176 valence electrons. The first-order chi connectivity index (χ1) is 15.8. The summed E-state index contributed by atoms with van der Waals surface area (Å²) in [5, 5.41) is 0. The highest BCUT2D eigenvalue weighted by molar-refractivity contribution is 7.89. The molecule has 1 aliphatic carbocycles. The summed E-state index contributed by atoms with van der Waals surface area (Å²) in [6, 6.07) is 15.1. The number of rotatable bonds is 9. The molecule has 0 saturated carbocycles. The van der Waals surface area contributed by atoms with Crippen LogP contribution >= 0.6 is 0 Å². The molecule has 0 amide bonds. The Labute approximate surface area is 197 Å². The molecule has 2 aromatic carbocycles. The number of carbonyl (C=O) groups is 1. The van der Waals surface area contributed by atoms with Crippen LogP contribution in [0.2, 0.25) is 0 Å². The molecule has 2 aromatic rings. The number of esters is 1. The Balaban J connectivity index is 2.03. The molecule has 0 aromatic heterocycles. The zero-order valence-electron chi connectivity index (χ0n) is 19.5. The van der Waals surface area contributed by atoms with Crippen LogP contribution in [0.4, 0.5) is 5.69 Å². The van der Waals surface area contributed by atoms with E-state index in [2.05, 4.69) is 10.8 Å². The number of ether oxygens (including phenoxy) is 1. The summed E-state index contributed by atoms with van der Waals surface area (Å²) in [5.74, 6) is -0.636. The highest BCUT2D eigenvalue weighted by atomic mass is 32.2. The Morgan fingerprint density at radius 1 is 1.12 bits per heavy atom. The van der Waals surface area contributed by atoms with E-state index in [1.54, 1.807) is 25.1 Å². The molecule has 0 spiro atoms. The van der Waals surface area contributed by atoms with E-state index >= 15 is 0 Å². The zero-order chi connectivity index (χ0) is 23.8. The first-order valence-electron chi connectivity index (χ1n) is 11.3. The monoisotopic (exact) mass is 468 g/mol. The van der Waals surface area contributed by atoms with Gasteiger partial charge in [-0.2, -0.15) is 4.72 Å². The third kappa shape index (κ3) is 6.55. The van der Waals surface area contributed by atoms with Crippen molar-refractivity contribution in [2.24, 2.45) is 0 Å². The lowest BCUT2D eigenvalue weighted by atomic mass is 9.95. The second-order valence-corrected chi connectivity index (χ2v) is 9.80. The average molecular weight is 469 g/mol. The zero-order valence-corrected chi connectivity index (χ0v) is 20.3. The topological polar surface area (TPSA) is 75.7 Å². The highest BCUT2D eigenvalue weighted by Crippen LogP contribution is 2.29. The minimum atomic E-state index is -3.94. The van der Waals surface area contributed by atoms with Crippen molar-refractivity contribution in [2.45, 2.75) is 50.5 Å². The van der Waals surface area contributed by atoms with Gasteiger partial charge in [0, 0.05) is 18.4 Å². The van der Waals surface area contributed by atoms with Crippen LogP contribution < -0.4 is 9.62 Å². The van der Waals surface area contributed by atoms with Crippen LogP contribution in [0.3, 0.4) is 0 Å². The molecule has 1 atom stereocenters. The van der Waals surface area contributed by atoms with Gasteiger partial charge in [-0.05, 0) is 75.4 Å². The van der Waals surface area contributed by atoms with Crippen LogP contribution in [0.15, 0.2) is 82.9 Å². The molecule has 0 fully saturated rings. The maximum atomic E-state index is 13.1. The van der Waals surface area contributed by atoms with E-state index < -0.39 is 22.0 Å². The fourth-order valence-electron chi connectivity index (χ4n) is 3.79. The van der Waals surface area contributed by atoms with Crippen molar-refractivity contribution in [3.63, 3.8) is 0 Å². The Hall–Kier alpha value is -2.90. The molecular formula is C26H32N2O4S. The van der Waals surface area contributed by atoms with Crippen LogP contribution in [0.5, 0.6) is 0 Å². The smallest absolute Gasteiger partial charge is 0.328 e. The molecule has 0 heterocycles. The summed E-state index contributed by atoms with van der Waals surface area (Å²) >= 11 is 0. The van der Waals surface area contributed by atoms with Crippen molar-refractivity contribution in [2.75, 3.05) is 18.6 Å². The molecule has 1 aliphatic rings. The summed E-state index contributed by atoms with van der Waals surface area (Å²) in [7, 11) is -2.02. The van der Waals surface area contributed by atoms with Gasteiger partial charge in [0.25, 0.3) is 0 Å². The lowest BCUT2D eigenvalue weighted by Crippen LogP contribution is -2.41. The predicted octanol–water partition coefficient (Wildman–Crippen LogP) is 4.73. The maximum Gasteiger partial charge on any atom is 0.328 e. The van der Waals surface area contributed by atoms with Gasteiger partial charge >= 0.3 is 5.97 Å². The number of hydrogen-bond acceptors (Lipinski definition) is 5. The number of carbonyl (C=O) groups excluding carboxylic acids is 1. The Bertz CT molecular complexity index is 1110. The van der Waals surface area contributed by atoms with E-state index in [4.69, 9.17) is 4.74 Å². The van der Waals surface area contributed by atoms with Crippen LogP contribution in [0.25, 0.3) is 0 Å². The molecule has 0 saturated heterocycles. The number of sulfonamides is 1. The van der Waals surface area contributed by atoms with Crippen LogP contribution in [-0.2, 0) is 19.6 Å². The molecule has 1 N–H and O–H groups in total. The molecule has 0 aliphatic heterocycles. The van der Waals surface area contributed by atoms with Gasteiger partial charge in [-0.15, -0.1) is 0 Å². The number of likely N-dealkylation sites (N-methyl/N-ethyl adjacent to an activating group) is 1. The summed E-state index contributed by atoms with van der Waals surface area (Å²) in [4.78, 5) is 14.9. The molecule has 1 unspecified atom stereocenters. The Kier molecular flexibility index (Phi) is 8.47. The summed E-state index contributed by atoms with van der Waals surface area (Å²) in [6.45, 7) is 3.74. The lowest BCUT2D eigenvalue weighted by molar-refractivity contribution is -0.143. The lowest BCUT2D eigenvalue weighted by Gasteiger charge is -2.28. The van der Waals surface area contributed by atoms with Gasteiger partial charge in [0.05, 0.1) is 11.5 Å². The largest absolute Gasteiger partial charge is 0.465 e. The molecule has 7 heteroatoms. The van der Waals surface area contributed by atoms with Crippen molar-refractivity contribution in [1.29, 1.82) is 0 Å². The normalized spacial score (nSPS) is 15.5. The quantitative estimate of drug-likeness (QED) is 0.539. The van der Waals surface area contributed by atoms with Crippen molar-refractivity contribution in [3.8, 4) is 0 Å². The third-order valence-electron chi connectivity index (χ3n) is 5.60. The second-order valence-electron chi connectivity index (χ2n) is 8.09. The Morgan fingerprint density at radius 2 is 1.82 bits per heavy atom. The van der Waals surface area contributed by atoms with E-state index in [9.17, 15) is 13.2 Å². The Morgan fingerprint density at radius 3 is 2.42 bits per heavy atom. The number of aryl methyl sites for hydroxylation is 1. The first-order valence-corrected chi connectivity index (χ1v) is 12.8. The second kappa shape index (κ2) is 11.3. The van der Waals surface area contributed by atoms with Gasteiger partial charge < -0.3 is 9.64 Å². The van der Waals surface area contributed by atoms with Gasteiger partial charge in [0.2, 0.25) is 10.0 Å². The van der Waals surface area contributed by atoms with E-state index in [1.165, 1.54) is 12.1 Å². The summed E-state index contributed by atoms with van der Waals surface area (Å²) in [6.07, 6.45) is 7.83. The van der Waals surface area contributed by atoms with Crippen molar-refractivity contribution in [3.05, 3.63) is 83.6 Å². The third-order valence-corrected chi connectivity index (χ3v) is 7.06. The van der Waals surface area contributed by atoms with Crippen molar-refractivity contribution < 1.29 is 17.9 Å². The first kappa shape index (κ1) is 24.7. The number of benzene rings is 2. The van der Waals surface area contributed by atoms with E-state index in [-0.39, 0.29) is 11.5 Å². The van der Waals surface area contributed by atoms with E-state index in [0.717, 1.165) is 48.2 Å². The molecule has 6 nitrogen and oxygen atoms in total. The summed E-state index contributed by atoms with van der Waals surface area (Å²) in [5.41, 5.74) is 3.79. The minimum absolute atomic E-state index is 0.102. The SMILES string of the molecule is CCOC(=O)C(/C=C(\C1=CCCCC1)N(C)c1ccccc1)NS(=O)(=O)c1ccc(C)cc1. The van der Waals surface area contributed by atoms with Gasteiger partial charge in [-0.1, -0.05) is 42.0 Å². The number of para-hydroxylation sites is 1. The van der Waals surface area contributed by atoms with Gasteiger partial charge in [0.15, 0.2) is 0 Å². The number of nitrogens with zero attached hydrogens (tertiary/aromatic N) is 1. The molecule has 3 rings (SSSR count). The van der Waals surface area contributed by atoms with Crippen LogP contribution in [0, 0.1) is 6.92 Å². The van der Waals surface area contributed by atoms with Crippen molar-refractivity contribution >= 4 is 21.7 Å². The van der Waals surface area contributed by atoms with Crippen LogP contribution in [0.1, 0.15) is 38.2 Å². The van der Waals surface area contributed by atoms with Gasteiger partial charge in [-0.25, -0.2) is 13.2 Å². The molecular weight excluding hydrogens is 436 g/mol. The fourth-order valence-corrected chi connectivity index (χ4v) is 4.92.